The molecular formula is C44H57N3O7S2Si. The van der Waals surface area contributed by atoms with Crippen molar-refractivity contribution in [2.45, 2.75) is 94.9 Å². The van der Waals surface area contributed by atoms with Crippen molar-refractivity contribution in [2.75, 3.05) is 33.3 Å². The first-order chi connectivity index (χ1) is 27.2. The molecule has 1 aliphatic carbocycles. The van der Waals surface area contributed by atoms with E-state index in [0.717, 1.165) is 61.9 Å². The molecule has 0 radical (unpaired) electrons. The summed E-state index contributed by atoms with van der Waals surface area (Å²) in [6.07, 6.45) is 3.67. The van der Waals surface area contributed by atoms with Gasteiger partial charge in [-0.3, -0.25) is 4.79 Å². The van der Waals surface area contributed by atoms with Crippen LogP contribution >= 0.6 is 22.7 Å². The van der Waals surface area contributed by atoms with Gasteiger partial charge in [0.2, 0.25) is 11.2 Å². The lowest BCUT2D eigenvalue weighted by Crippen LogP contribution is -2.43. The molecule has 0 spiro atoms. The van der Waals surface area contributed by atoms with E-state index < -0.39 is 19.9 Å². The van der Waals surface area contributed by atoms with Crippen LogP contribution < -0.4 is 15.6 Å². The number of nitrogens with zero attached hydrogens (tertiary/aromatic N) is 1. The summed E-state index contributed by atoms with van der Waals surface area (Å²) in [6.45, 7) is 13.8. The topological polar surface area (TPSA) is 133 Å². The maximum atomic E-state index is 13.4. The number of nitrogens with one attached hydrogen (secondary N) is 2. The number of aromatic amines is 1. The summed E-state index contributed by atoms with van der Waals surface area (Å²) in [5.74, 6) is 0.278. The first-order valence-corrected chi connectivity index (χ1v) is 24.5. The zero-order chi connectivity index (χ0) is 40.8. The number of ether oxygens (including phenoxy) is 2. The van der Waals surface area contributed by atoms with Crippen LogP contribution in [-0.2, 0) is 26.0 Å². The summed E-state index contributed by atoms with van der Waals surface area (Å²) in [7, 11) is -0.0458. The van der Waals surface area contributed by atoms with Gasteiger partial charge >= 0.3 is 5.97 Å². The number of hydrogen-bond acceptors (Lipinski definition) is 11. The molecule has 5 aromatic rings. The number of thiophene rings is 2. The highest BCUT2D eigenvalue weighted by Crippen LogP contribution is 2.41. The van der Waals surface area contributed by atoms with Crippen LogP contribution in [0.15, 0.2) is 88.4 Å². The number of likely N-dealkylation sites (N-methyl/N-ethyl adjacent to an activating group) is 1. The number of carbonyl (C=O) groups is 1. The van der Waals surface area contributed by atoms with Crippen LogP contribution in [-0.4, -0.2) is 79.8 Å². The molecule has 2 aromatic carbocycles. The van der Waals surface area contributed by atoms with Gasteiger partial charge in [-0.05, 0) is 122 Å². The largest absolute Gasteiger partial charge is 0.506 e. The highest BCUT2D eigenvalue weighted by Gasteiger charge is 2.45. The monoisotopic (exact) mass is 831 g/mol. The average Bonchev–Trinajstić information content (AvgIpc) is 3.93. The number of esters is 1. The number of aliphatic hydroxyl groups is 1. The van der Waals surface area contributed by atoms with E-state index in [4.69, 9.17) is 13.9 Å². The summed E-state index contributed by atoms with van der Waals surface area (Å²) >= 11 is 2.71. The minimum atomic E-state index is -2.17. The van der Waals surface area contributed by atoms with Gasteiger partial charge in [0.25, 0.3) is 0 Å². The molecule has 1 aliphatic rings. The summed E-state index contributed by atoms with van der Waals surface area (Å²) in [4.78, 5) is 31.7. The first kappa shape index (κ1) is 42.8. The molecule has 3 aromatic heterocycles. The number of carbonyl (C=O) groups excluding carboxylic acids is 1. The summed E-state index contributed by atoms with van der Waals surface area (Å²) in [6, 6.07) is 22.7. The molecule has 10 nitrogen and oxygen atoms in total. The second kappa shape index (κ2) is 18.4. The fourth-order valence-electron chi connectivity index (χ4n) is 7.13. The molecule has 1 fully saturated rings. The minimum Gasteiger partial charge on any atom is -0.506 e. The van der Waals surface area contributed by atoms with Gasteiger partial charge in [0.05, 0.1) is 21.4 Å². The molecule has 6 rings (SSSR count). The van der Waals surface area contributed by atoms with Gasteiger partial charge < -0.3 is 39.3 Å². The number of aromatic hydroxyl groups is 1. The Hall–Kier alpha value is -3.82. The number of H-pyrrole nitrogens is 1. The third kappa shape index (κ3) is 10.3. The molecule has 0 bridgehead atoms. The number of fused-ring (bicyclic) bond motifs is 1. The molecule has 57 heavy (non-hydrogen) atoms. The van der Waals surface area contributed by atoms with Crippen molar-refractivity contribution in [1.82, 2.24) is 15.2 Å². The number of aromatic nitrogens is 1. The normalized spacial score (nSPS) is 17.2. The lowest BCUT2D eigenvalue weighted by molar-refractivity contribution is -0.169. The Labute approximate surface area is 345 Å². The van der Waals surface area contributed by atoms with E-state index in [-0.39, 0.29) is 28.6 Å². The van der Waals surface area contributed by atoms with Gasteiger partial charge in [0.15, 0.2) is 8.32 Å². The number of hydrogen-bond donors (Lipinski definition) is 4. The second-order valence-electron chi connectivity index (χ2n) is 16.6. The van der Waals surface area contributed by atoms with Crippen molar-refractivity contribution in [3.63, 3.8) is 0 Å². The summed E-state index contributed by atoms with van der Waals surface area (Å²) in [5.41, 5.74) is 0.526. The minimum absolute atomic E-state index is 0.00823. The SMILES string of the molecule is CN(CCOc1ccc(CCNC[C@H](O[Si](C)(C)C(C)(C)C)c2ccc(O)c3[nH]c(=O)ccc23)cc1)C1CCC(OC(=O)C(O)(c2cccs2)c2cccs2)CC1. The summed E-state index contributed by atoms with van der Waals surface area (Å²) in [5, 5.41) is 30.2. The van der Waals surface area contributed by atoms with Gasteiger partial charge in [0, 0.05) is 30.6 Å². The Bertz CT molecular complexity index is 2070. The predicted molar refractivity (Wildman–Crippen MR) is 232 cm³/mol. The van der Waals surface area contributed by atoms with E-state index in [9.17, 15) is 19.8 Å². The van der Waals surface area contributed by atoms with E-state index in [1.807, 2.05) is 41.1 Å². The quantitative estimate of drug-likeness (QED) is 0.0415. The van der Waals surface area contributed by atoms with E-state index >= 15 is 0 Å². The molecule has 1 saturated carbocycles. The molecule has 0 amide bonds. The average molecular weight is 832 g/mol. The van der Waals surface area contributed by atoms with Crippen LogP contribution in [0, 0.1) is 0 Å². The molecule has 0 unspecified atom stereocenters. The zero-order valence-electron chi connectivity index (χ0n) is 33.9. The van der Waals surface area contributed by atoms with Crippen molar-refractivity contribution in [1.29, 1.82) is 0 Å². The van der Waals surface area contributed by atoms with Crippen LogP contribution in [0.25, 0.3) is 10.9 Å². The van der Waals surface area contributed by atoms with Gasteiger partial charge in [0.1, 0.15) is 24.2 Å². The van der Waals surface area contributed by atoms with Crippen LogP contribution in [0.1, 0.15) is 73.4 Å². The molecule has 1 atom stereocenters. The molecule has 306 valence electrons. The Balaban J connectivity index is 0.944. The standard InChI is InChI=1S/C44H57N3O7S2Si/c1-43(2,3)57(5,6)54-37(34-19-21-36(48)41-35(34)20-22-40(49)46-41)29-45-24-23-30-11-15-32(16-12-30)52-26-25-47(4)31-13-17-33(18-14-31)53-42(50)44(51,38-9-7-27-55-38)39-10-8-28-56-39/h7-12,15-16,19-22,27-28,31,33,37,45,48,51H,13-14,17-18,23-26,29H2,1-6H3,(H,46,49)/t31?,33?,37-/m0/s1. The number of rotatable bonds is 17. The van der Waals surface area contributed by atoms with Gasteiger partial charge in [-0.2, -0.15) is 0 Å². The maximum Gasteiger partial charge on any atom is 0.349 e. The fourth-order valence-corrected chi connectivity index (χ4v) is 10.1. The van der Waals surface area contributed by atoms with E-state index in [2.05, 4.69) is 68.2 Å². The Kier molecular flexibility index (Phi) is 13.8. The van der Waals surface area contributed by atoms with Crippen LogP contribution in [0.3, 0.4) is 0 Å². The lowest BCUT2D eigenvalue weighted by atomic mass is 9.91. The highest BCUT2D eigenvalue weighted by molar-refractivity contribution is 7.12. The molecule has 0 aliphatic heterocycles. The molecule has 13 heteroatoms. The fraction of sp³-hybridized carbons (Fsp3) is 0.455. The number of benzene rings is 2. The van der Waals surface area contributed by atoms with Crippen molar-refractivity contribution >= 4 is 47.9 Å². The van der Waals surface area contributed by atoms with Crippen molar-refractivity contribution < 1.29 is 28.9 Å². The summed E-state index contributed by atoms with van der Waals surface area (Å²) < 4.78 is 19.0. The highest BCUT2D eigenvalue weighted by atomic mass is 32.1. The van der Waals surface area contributed by atoms with Crippen molar-refractivity contribution in [2.24, 2.45) is 0 Å². The van der Waals surface area contributed by atoms with Crippen molar-refractivity contribution in [3.8, 4) is 11.5 Å². The van der Waals surface area contributed by atoms with Crippen molar-refractivity contribution in [3.05, 3.63) is 115 Å². The van der Waals surface area contributed by atoms with Crippen LogP contribution in [0.4, 0.5) is 0 Å². The molecule has 0 saturated heterocycles. The number of pyridine rings is 1. The maximum absolute atomic E-state index is 13.4. The van der Waals surface area contributed by atoms with Gasteiger partial charge in [-0.25, -0.2) is 4.79 Å². The Morgan fingerprint density at radius 2 is 1.63 bits per heavy atom. The molecule has 3 heterocycles. The first-order valence-electron chi connectivity index (χ1n) is 19.8. The van der Waals surface area contributed by atoms with E-state index in [1.54, 1.807) is 24.3 Å². The van der Waals surface area contributed by atoms with Gasteiger partial charge in [-0.15, -0.1) is 22.7 Å². The lowest BCUT2D eigenvalue weighted by Gasteiger charge is -2.39. The number of phenolic OH excluding ortho intramolecular Hbond substituents is 1. The Morgan fingerprint density at radius 1 is 0.965 bits per heavy atom. The van der Waals surface area contributed by atoms with E-state index in [0.29, 0.717) is 34.5 Å². The third-order valence-corrected chi connectivity index (χ3v) is 18.1. The van der Waals surface area contributed by atoms with E-state index in [1.165, 1.54) is 34.3 Å². The molecular weight excluding hydrogens is 775 g/mol. The van der Waals surface area contributed by atoms with Gasteiger partial charge in [-0.1, -0.05) is 51.1 Å². The zero-order valence-corrected chi connectivity index (χ0v) is 36.5. The predicted octanol–water partition coefficient (Wildman–Crippen LogP) is 8.35. The molecule has 4 N–H and O–H groups in total. The third-order valence-electron chi connectivity index (χ3n) is 11.6. The van der Waals surface area contributed by atoms with Crippen LogP contribution in [0.5, 0.6) is 11.5 Å². The smallest absolute Gasteiger partial charge is 0.349 e. The number of phenols is 1. The Morgan fingerprint density at radius 3 is 2.25 bits per heavy atom. The van der Waals surface area contributed by atoms with Crippen LogP contribution in [0.2, 0.25) is 18.1 Å². The second-order valence-corrected chi connectivity index (χ2v) is 23.2.